The second-order valence-electron chi connectivity index (χ2n) is 27.8. The molecule has 0 aliphatic heterocycles. The molecule has 558 valence electrons. The molecule has 17 nitrogen and oxygen atoms in total. The first-order chi connectivity index (χ1) is 45.4. The third-order valence-electron chi connectivity index (χ3n) is 17.8. The summed E-state index contributed by atoms with van der Waals surface area (Å²) in [5, 5.41) is 10.6. The van der Waals surface area contributed by atoms with Crippen molar-refractivity contribution in [3.8, 4) is 0 Å². The van der Waals surface area contributed by atoms with Crippen molar-refractivity contribution in [2.24, 2.45) is 11.8 Å². The average molecular weight is 1380 g/mol. The topological polar surface area (TPSA) is 237 Å². The summed E-state index contributed by atoms with van der Waals surface area (Å²) in [4.78, 5) is 72.8. The monoisotopic (exact) mass is 1380 g/mol. The standard InChI is InChI=1S/C75H146O17P2/c1-7-10-12-14-16-18-20-22-23-24-26-28-34-42-48-54-60-75(80)91-70(63-85-72(77)57-51-45-39-32-30-29-31-37-43-49-55-67(4)5)65-89-93(81,82)87-61-69(76)62-88-94(83,84)90-66-71(64-86-73(78)58-52-46-40-36-35-38-44-50-56-68(6)9-3)92-74(79)59-53-47-41-33-27-25-21-19-17-15-13-11-8-2/h67-71,76H,7-66H2,1-6H3,(H,81,82)(H,83,84)/t68?,69-,70-,71-/m1/s1. The number of hydrogen-bond donors (Lipinski definition) is 3. The molecule has 0 saturated carbocycles. The van der Waals surface area contributed by atoms with E-state index in [4.69, 9.17) is 37.0 Å². The Morgan fingerprint density at radius 1 is 0.309 bits per heavy atom. The van der Waals surface area contributed by atoms with Crippen LogP contribution in [0.15, 0.2) is 0 Å². The Hall–Kier alpha value is -1.94. The van der Waals surface area contributed by atoms with Gasteiger partial charge in [0, 0.05) is 25.7 Å². The average Bonchev–Trinajstić information content (AvgIpc) is 1.14. The smallest absolute Gasteiger partial charge is 0.462 e. The fourth-order valence-electron chi connectivity index (χ4n) is 11.4. The first-order valence-electron chi connectivity index (χ1n) is 39.0. The molecule has 3 N–H and O–H groups in total. The van der Waals surface area contributed by atoms with Gasteiger partial charge in [-0.1, -0.05) is 337 Å². The molecule has 0 rings (SSSR count). The van der Waals surface area contributed by atoms with Gasteiger partial charge in [-0.15, -0.1) is 0 Å². The summed E-state index contributed by atoms with van der Waals surface area (Å²) in [6.07, 6.45) is 53.9. The van der Waals surface area contributed by atoms with E-state index in [2.05, 4.69) is 41.5 Å². The summed E-state index contributed by atoms with van der Waals surface area (Å²) in [5.74, 6) is -0.578. The highest BCUT2D eigenvalue weighted by Crippen LogP contribution is 2.45. The number of esters is 4. The highest BCUT2D eigenvalue weighted by atomic mass is 31.2. The number of phosphoric ester groups is 2. The van der Waals surface area contributed by atoms with Crippen molar-refractivity contribution < 1.29 is 80.2 Å². The van der Waals surface area contributed by atoms with Crippen molar-refractivity contribution in [3.63, 3.8) is 0 Å². The van der Waals surface area contributed by atoms with Crippen LogP contribution in [0.25, 0.3) is 0 Å². The molecular weight excluding hydrogens is 1230 g/mol. The molecule has 0 aliphatic carbocycles. The number of hydrogen-bond acceptors (Lipinski definition) is 15. The summed E-state index contributed by atoms with van der Waals surface area (Å²) in [6, 6.07) is 0. The van der Waals surface area contributed by atoms with Crippen LogP contribution in [0, 0.1) is 11.8 Å². The van der Waals surface area contributed by atoms with Gasteiger partial charge in [0.25, 0.3) is 0 Å². The molecule has 0 aliphatic rings. The molecule has 0 spiro atoms. The van der Waals surface area contributed by atoms with Crippen LogP contribution in [0.3, 0.4) is 0 Å². The van der Waals surface area contributed by atoms with Crippen LogP contribution in [-0.4, -0.2) is 96.7 Å². The lowest BCUT2D eigenvalue weighted by Gasteiger charge is -2.21. The Bertz CT molecular complexity index is 1820. The maximum Gasteiger partial charge on any atom is 0.472 e. The number of ether oxygens (including phenoxy) is 4. The van der Waals surface area contributed by atoms with Gasteiger partial charge in [0.1, 0.15) is 19.3 Å². The first kappa shape index (κ1) is 92.1. The van der Waals surface area contributed by atoms with E-state index in [1.807, 2.05) is 0 Å². The Morgan fingerprint density at radius 2 is 0.543 bits per heavy atom. The van der Waals surface area contributed by atoms with Gasteiger partial charge in [-0.3, -0.25) is 37.3 Å². The van der Waals surface area contributed by atoms with E-state index < -0.39 is 97.5 Å². The van der Waals surface area contributed by atoms with Crippen LogP contribution in [0.4, 0.5) is 0 Å². The lowest BCUT2D eigenvalue weighted by Crippen LogP contribution is -2.30. The fourth-order valence-corrected chi connectivity index (χ4v) is 13.0. The number of aliphatic hydroxyl groups is 1. The summed E-state index contributed by atoms with van der Waals surface area (Å²) in [7, 11) is -9.91. The summed E-state index contributed by atoms with van der Waals surface area (Å²) < 4.78 is 68.5. The molecule has 0 aromatic heterocycles. The van der Waals surface area contributed by atoms with E-state index in [1.54, 1.807) is 0 Å². The summed E-state index contributed by atoms with van der Waals surface area (Å²) in [5.41, 5.74) is 0. The van der Waals surface area contributed by atoms with Crippen molar-refractivity contribution in [1.29, 1.82) is 0 Å². The number of phosphoric acid groups is 2. The second-order valence-corrected chi connectivity index (χ2v) is 30.7. The van der Waals surface area contributed by atoms with Gasteiger partial charge in [-0.2, -0.15) is 0 Å². The number of carbonyl (C=O) groups is 4. The lowest BCUT2D eigenvalue weighted by atomic mass is 9.99. The second kappa shape index (κ2) is 66.9. The van der Waals surface area contributed by atoms with Gasteiger partial charge in [-0.05, 0) is 37.5 Å². The van der Waals surface area contributed by atoms with Crippen molar-refractivity contribution in [2.45, 2.75) is 407 Å². The minimum absolute atomic E-state index is 0.107. The molecule has 0 aromatic rings. The van der Waals surface area contributed by atoms with Gasteiger partial charge >= 0.3 is 39.5 Å². The van der Waals surface area contributed by atoms with E-state index in [1.165, 1.54) is 205 Å². The highest BCUT2D eigenvalue weighted by molar-refractivity contribution is 7.47. The molecule has 0 amide bonds. The van der Waals surface area contributed by atoms with Gasteiger partial charge in [0.2, 0.25) is 0 Å². The van der Waals surface area contributed by atoms with Gasteiger partial charge in [-0.25, -0.2) is 9.13 Å². The quantitative estimate of drug-likeness (QED) is 0.0222. The number of unbranched alkanes of at least 4 members (excludes halogenated alkanes) is 43. The minimum atomic E-state index is -4.96. The zero-order valence-corrected chi connectivity index (χ0v) is 63.1. The number of rotatable bonds is 74. The zero-order valence-electron chi connectivity index (χ0n) is 61.3. The van der Waals surface area contributed by atoms with Crippen LogP contribution >= 0.6 is 15.6 Å². The van der Waals surface area contributed by atoms with E-state index in [0.717, 1.165) is 102 Å². The van der Waals surface area contributed by atoms with Crippen LogP contribution in [-0.2, 0) is 65.4 Å². The van der Waals surface area contributed by atoms with Crippen LogP contribution in [0.1, 0.15) is 388 Å². The van der Waals surface area contributed by atoms with Gasteiger partial charge < -0.3 is 33.8 Å². The maximum absolute atomic E-state index is 13.1. The van der Waals surface area contributed by atoms with E-state index in [-0.39, 0.29) is 25.7 Å². The van der Waals surface area contributed by atoms with Crippen molar-refractivity contribution >= 4 is 39.5 Å². The normalized spacial score (nSPS) is 14.3. The molecule has 19 heteroatoms. The zero-order chi connectivity index (χ0) is 69.3. The Balaban J connectivity index is 5.27. The highest BCUT2D eigenvalue weighted by Gasteiger charge is 2.30. The van der Waals surface area contributed by atoms with Crippen molar-refractivity contribution in [1.82, 2.24) is 0 Å². The molecule has 94 heavy (non-hydrogen) atoms. The summed E-state index contributed by atoms with van der Waals surface area (Å²) in [6.45, 7) is 9.59. The molecule has 0 fully saturated rings. The molecule has 0 bridgehead atoms. The molecule has 0 saturated heterocycles. The maximum atomic E-state index is 13.1. The third kappa shape index (κ3) is 67.3. The van der Waals surface area contributed by atoms with E-state index in [9.17, 15) is 43.2 Å². The van der Waals surface area contributed by atoms with E-state index >= 15 is 0 Å². The van der Waals surface area contributed by atoms with Crippen LogP contribution in [0.5, 0.6) is 0 Å². The SMILES string of the molecule is CCCCCCCCCCCCCCCCCCC(=O)O[C@H](COC(=O)CCCCCCCCCCCCC(C)C)COP(=O)(O)OC[C@@H](O)COP(=O)(O)OC[C@@H](COC(=O)CCCCCCCCCCC(C)CC)OC(=O)CCCCCCCCCCCCCCC. The predicted octanol–water partition coefficient (Wildman–Crippen LogP) is 21.9. The molecule has 0 radical (unpaired) electrons. The largest absolute Gasteiger partial charge is 0.472 e. The number of carbonyl (C=O) groups excluding carboxylic acids is 4. The Labute approximate surface area is 575 Å². The Kier molecular flexibility index (Phi) is 65.5. The van der Waals surface area contributed by atoms with Gasteiger partial charge in [0.15, 0.2) is 12.2 Å². The fraction of sp³-hybridized carbons (Fsp3) is 0.947. The lowest BCUT2D eigenvalue weighted by molar-refractivity contribution is -0.161. The first-order valence-corrected chi connectivity index (χ1v) is 42.0. The number of aliphatic hydroxyl groups excluding tert-OH is 1. The summed E-state index contributed by atoms with van der Waals surface area (Å²) >= 11 is 0. The molecule has 0 aromatic carbocycles. The van der Waals surface area contributed by atoms with Crippen LogP contribution in [0.2, 0.25) is 0 Å². The molecule has 6 atom stereocenters. The molecular formula is C75H146O17P2. The predicted molar refractivity (Wildman–Crippen MR) is 381 cm³/mol. The van der Waals surface area contributed by atoms with E-state index in [0.29, 0.717) is 25.7 Å². The molecule has 0 heterocycles. The third-order valence-corrected chi connectivity index (χ3v) is 19.7. The Morgan fingerprint density at radius 3 is 0.809 bits per heavy atom. The minimum Gasteiger partial charge on any atom is -0.462 e. The van der Waals surface area contributed by atoms with Crippen molar-refractivity contribution in [3.05, 3.63) is 0 Å². The van der Waals surface area contributed by atoms with Gasteiger partial charge in [0.05, 0.1) is 26.4 Å². The van der Waals surface area contributed by atoms with Crippen molar-refractivity contribution in [2.75, 3.05) is 39.6 Å². The van der Waals surface area contributed by atoms with Crippen LogP contribution < -0.4 is 0 Å². The molecule has 3 unspecified atom stereocenters.